The highest BCUT2D eigenvalue weighted by Gasteiger charge is 2.01. The number of rotatable bonds is 8. The van der Waals surface area contributed by atoms with Crippen LogP contribution in [0.3, 0.4) is 0 Å². The largest absolute Gasteiger partial charge is 0.395 e. The molecule has 0 unspecified atom stereocenters. The maximum Gasteiger partial charge on any atom is 0.128 e. The van der Waals surface area contributed by atoms with Crippen molar-refractivity contribution in [3.8, 4) is 0 Å². The number of aliphatic hydroxyl groups excluding tert-OH is 1. The van der Waals surface area contributed by atoms with Crippen molar-refractivity contribution in [2.75, 3.05) is 45.4 Å². The number of aromatic nitrogens is 1. The Morgan fingerprint density at radius 3 is 2.88 bits per heavy atom. The number of ether oxygens (including phenoxy) is 1. The molecule has 1 rings (SSSR count). The van der Waals surface area contributed by atoms with Gasteiger partial charge in [0, 0.05) is 40.0 Å². The van der Waals surface area contributed by atoms with Gasteiger partial charge in [-0.1, -0.05) is 6.07 Å². The molecular weight excluding hydrogens is 218 g/mol. The number of pyridine rings is 1. The van der Waals surface area contributed by atoms with Crippen molar-refractivity contribution in [1.82, 2.24) is 10.3 Å². The van der Waals surface area contributed by atoms with E-state index in [9.17, 15) is 0 Å². The average molecular weight is 239 g/mol. The number of likely N-dealkylation sites (N-methyl/N-ethyl adjacent to an activating group) is 1. The van der Waals surface area contributed by atoms with Gasteiger partial charge in [0.25, 0.3) is 0 Å². The van der Waals surface area contributed by atoms with Gasteiger partial charge in [0.2, 0.25) is 0 Å². The lowest BCUT2D eigenvalue weighted by atomic mass is 10.3. The minimum absolute atomic E-state index is 0.137. The fourth-order valence-corrected chi connectivity index (χ4v) is 1.42. The summed E-state index contributed by atoms with van der Waals surface area (Å²) in [5, 5.41) is 12.1. The Balaban J connectivity index is 2.39. The van der Waals surface area contributed by atoms with Crippen LogP contribution in [-0.2, 0) is 11.3 Å². The zero-order valence-electron chi connectivity index (χ0n) is 10.5. The molecule has 0 bridgehead atoms. The van der Waals surface area contributed by atoms with Crippen molar-refractivity contribution in [3.63, 3.8) is 0 Å². The zero-order chi connectivity index (χ0) is 12.5. The average Bonchev–Trinajstić information content (AvgIpc) is 2.36. The molecule has 0 saturated carbocycles. The lowest BCUT2D eigenvalue weighted by Crippen LogP contribution is -2.22. The molecule has 0 aliphatic carbocycles. The first-order valence-corrected chi connectivity index (χ1v) is 5.74. The molecule has 2 N–H and O–H groups in total. The SMILES string of the molecule is COCCNCc1ccc(N(C)CCO)nc1. The lowest BCUT2D eigenvalue weighted by molar-refractivity contribution is 0.199. The van der Waals surface area contributed by atoms with Gasteiger partial charge in [-0.25, -0.2) is 4.98 Å². The summed E-state index contributed by atoms with van der Waals surface area (Å²) < 4.78 is 4.95. The third-order valence-electron chi connectivity index (χ3n) is 2.45. The second-order valence-electron chi connectivity index (χ2n) is 3.84. The Hall–Kier alpha value is -1.17. The van der Waals surface area contributed by atoms with Crippen molar-refractivity contribution < 1.29 is 9.84 Å². The monoisotopic (exact) mass is 239 g/mol. The van der Waals surface area contributed by atoms with Crippen LogP contribution in [0.2, 0.25) is 0 Å². The topological polar surface area (TPSA) is 57.6 Å². The number of nitrogens with zero attached hydrogens (tertiary/aromatic N) is 2. The molecule has 0 fully saturated rings. The van der Waals surface area contributed by atoms with Crippen LogP contribution >= 0.6 is 0 Å². The van der Waals surface area contributed by atoms with Gasteiger partial charge in [-0.05, 0) is 11.6 Å². The molecule has 5 nitrogen and oxygen atoms in total. The first-order valence-electron chi connectivity index (χ1n) is 5.74. The van der Waals surface area contributed by atoms with Crippen LogP contribution in [-0.4, -0.2) is 50.6 Å². The maximum absolute atomic E-state index is 8.83. The summed E-state index contributed by atoms with van der Waals surface area (Å²) in [7, 11) is 3.60. The highest BCUT2D eigenvalue weighted by atomic mass is 16.5. The molecule has 0 spiro atoms. The third kappa shape index (κ3) is 5.12. The Bertz CT molecular complexity index is 303. The number of anilines is 1. The Labute approximate surface area is 102 Å². The summed E-state index contributed by atoms with van der Waals surface area (Å²) in [6.07, 6.45) is 1.85. The predicted molar refractivity (Wildman–Crippen MR) is 68.2 cm³/mol. The van der Waals surface area contributed by atoms with Crippen molar-refractivity contribution >= 4 is 5.82 Å². The molecule has 1 aromatic heterocycles. The number of hydrogen-bond donors (Lipinski definition) is 2. The quantitative estimate of drug-likeness (QED) is 0.637. The Kier molecular flexibility index (Phi) is 6.54. The minimum Gasteiger partial charge on any atom is -0.395 e. The molecule has 5 heteroatoms. The van der Waals surface area contributed by atoms with E-state index < -0.39 is 0 Å². The number of nitrogens with one attached hydrogen (secondary N) is 1. The van der Waals surface area contributed by atoms with Crippen LogP contribution in [0.5, 0.6) is 0 Å². The highest BCUT2D eigenvalue weighted by Crippen LogP contribution is 2.08. The van der Waals surface area contributed by atoms with Gasteiger partial charge < -0.3 is 20.1 Å². The van der Waals surface area contributed by atoms with E-state index in [2.05, 4.69) is 10.3 Å². The second-order valence-corrected chi connectivity index (χ2v) is 3.84. The summed E-state index contributed by atoms with van der Waals surface area (Å²) >= 11 is 0. The zero-order valence-corrected chi connectivity index (χ0v) is 10.5. The van der Waals surface area contributed by atoms with Gasteiger partial charge in [0.05, 0.1) is 13.2 Å². The van der Waals surface area contributed by atoms with Crippen molar-refractivity contribution in [2.24, 2.45) is 0 Å². The van der Waals surface area contributed by atoms with Gasteiger partial charge in [-0.3, -0.25) is 0 Å². The van der Waals surface area contributed by atoms with E-state index >= 15 is 0 Å². The fraction of sp³-hybridized carbons (Fsp3) is 0.583. The van der Waals surface area contributed by atoms with Gasteiger partial charge in [0.1, 0.15) is 5.82 Å². The van der Waals surface area contributed by atoms with E-state index in [0.717, 1.165) is 24.5 Å². The van der Waals surface area contributed by atoms with Crippen LogP contribution in [0, 0.1) is 0 Å². The van der Waals surface area contributed by atoms with Gasteiger partial charge in [-0.2, -0.15) is 0 Å². The third-order valence-corrected chi connectivity index (χ3v) is 2.45. The molecule has 0 aromatic carbocycles. The molecule has 1 heterocycles. The number of hydrogen-bond acceptors (Lipinski definition) is 5. The summed E-state index contributed by atoms with van der Waals surface area (Å²) in [4.78, 5) is 6.26. The second kappa shape index (κ2) is 8.00. The van der Waals surface area contributed by atoms with E-state index in [4.69, 9.17) is 9.84 Å². The predicted octanol–water partition coefficient (Wildman–Crippen LogP) is 0.246. The summed E-state index contributed by atoms with van der Waals surface area (Å²) in [6, 6.07) is 4.00. The van der Waals surface area contributed by atoms with Crippen molar-refractivity contribution in [1.29, 1.82) is 0 Å². The number of aliphatic hydroxyl groups is 1. The van der Waals surface area contributed by atoms with Crippen molar-refractivity contribution in [2.45, 2.75) is 6.54 Å². The van der Waals surface area contributed by atoms with Crippen LogP contribution in [0.4, 0.5) is 5.82 Å². The van der Waals surface area contributed by atoms with E-state index in [0.29, 0.717) is 13.2 Å². The molecule has 0 atom stereocenters. The van der Waals surface area contributed by atoms with E-state index in [1.54, 1.807) is 7.11 Å². The molecule has 0 radical (unpaired) electrons. The molecular formula is C12H21N3O2. The summed E-state index contributed by atoms with van der Waals surface area (Å²) in [6.45, 7) is 3.07. The smallest absolute Gasteiger partial charge is 0.128 e. The molecule has 1 aromatic rings. The first-order chi connectivity index (χ1) is 8.27. The summed E-state index contributed by atoms with van der Waals surface area (Å²) in [5.74, 6) is 0.875. The van der Waals surface area contributed by atoms with Gasteiger partial charge in [0.15, 0.2) is 0 Å². The Morgan fingerprint density at radius 2 is 2.29 bits per heavy atom. The number of methoxy groups -OCH3 is 1. The highest BCUT2D eigenvalue weighted by molar-refractivity contribution is 5.38. The fourth-order valence-electron chi connectivity index (χ4n) is 1.42. The van der Waals surface area contributed by atoms with Gasteiger partial charge >= 0.3 is 0 Å². The van der Waals surface area contributed by atoms with Crippen LogP contribution in [0.25, 0.3) is 0 Å². The lowest BCUT2D eigenvalue weighted by Gasteiger charge is -2.16. The normalized spacial score (nSPS) is 10.5. The van der Waals surface area contributed by atoms with Crippen LogP contribution in [0.1, 0.15) is 5.56 Å². The minimum atomic E-state index is 0.137. The molecule has 96 valence electrons. The van der Waals surface area contributed by atoms with E-state index in [-0.39, 0.29) is 6.61 Å². The molecule has 0 aliphatic rings. The molecule has 0 saturated heterocycles. The molecule has 0 aliphatic heterocycles. The first kappa shape index (κ1) is 13.9. The van der Waals surface area contributed by atoms with Gasteiger partial charge in [-0.15, -0.1) is 0 Å². The molecule has 17 heavy (non-hydrogen) atoms. The molecule has 0 amide bonds. The van der Waals surface area contributed by atoms with Crippen molar-refractivity contribution in [3.05, 3.63) is 23.9 Å². The van der Waals surface area contributed by atoms with E-state index in [1.807, 2.05) is 30.3 Å². The van der Waals surface area contributed by atoms with Crippen LogP contribution in [0.15, 0.2) is 18.3 Å². The standard InChI is InChI=1S/C12H21N3O2/c1-15(6-7-16)12-4-3-11(10-14-12)9-13-5-8-17-2/h3-4,10,13,16H,5-9H2,1-2H3. The van der Waals surface area contributed by atoms with E-state index in [1.165, 1.54) is 0 Å². The Morgan fingerprint density at radius 1 is 1.47 bits per heavy atom. The maximum atomic E-state index is 8.83. The van der Waals surface area contributed by atoms with Crippen LogP contribution < -0.4 is 10.2 Å². The summed E-state index contributed by atoms with van der Waals surface area (Å²) in [5.41, 5.74) is 1.14.